The van der Waals surface area contributed by atoms with Gasteiger partial charge in [-0.25, -0.2) is 4.39 Å². The minimum Gasteiger partial charge on any atom is -0.388 e. The molecule has 0 unspecified atom stereocenters. The highest BCUT2D eigenvalue weighted by Gasteiger charge is 2.30. The van der Waals surface area contributed by atoms with Gasteiger partial charge in [0.1, 0.15) is 0 Å². The van der Waals surface area contributed by atoms with Gasteiger partial charge >= 0.3 is 0 Å². The van der Waals surface area contributed by atoms with Crippen molar-refractivity contribution in [1.82, 2.24) is 0 Å². The Hall–Kier alpha value is -0.800. The quantitative estimate of drug-likeness (QED) is 0.855. The van der Waals surface area contributed by atoms with E-state index in [1.807, 2.05) is 0 Å². The zero-order chi connectivity index (χ0) is 11.6. The average Bonchev–Trinajstić information content (AvgIpc) is 2.68. The van der Waals surface area contributed by atoms with E-state index < -0.39 is 11.4 Å². The molecular weight excluding hydrogens is 229 g/mol. The summed E-state index contributed by atoms with van der Waals surface area (Å²) in [5.74, 6) is -0.453. The smallest absolute Gasteiger partial charge is 0.164 e. The van der Waals surface area contributed by atoms with Crippen LogP contribution < -0.4 is 5.32 Å². The minimum absolute atomic E-state index is 0.100. The molecule has 2 N–H and O–H groups in total. The fourth-order valence-electron chi connectivity index (χ4n) is 2.11. The molecule has 0 bridgehead atoms. The first-order valence-corrected chi connectivity index (χ1v) is 5.89. The third kappa shape index (κ3) is 2.47. The van der Waals surface area contributed by atoms with E-state index in [4.69, 9.17) is 11.6 Å². The number of aliphatic hydroxyl groups is 1. The number of nitrogens with one attached hydrogen (secondary N) is 1. The first kappa shape index (κ1) is 11.7. The van der Waals surface area contributed by atoms with E-state index in [9.17, 15) is 9.50 Å². The van der Waals surface area contributed by atoms with Gasteiger partial charge < -0.3 is 10.4 Å². The molecule has 1 aromatic carbocycles. The van der Waals surface area contributed by atoms with Crippen LogP contribution in [0.25, 0.3) is 0 Å². The Bertz CT molecular complexity index is 377. The number of rotatable bonds is 3. The fraction of sp³-hybridized carbons (Fsp3) is 0.500. The second-order valence-corrected chi connectivity index (χ2v) is 4.79. The van der Waals surface area contributed by atoms with Crippen LogP contribution >= 0.6 is 11.6 Å². The van der Waals surface area contributed by atoms with Crippen molar-refractivity contribution >= 4 is 17.3 Å². The lowest BCUT2D eigenvalue weighted by Gasteiger charge is -2.23. The maximum atomic E-state index is 13.5. The van der Waals surface area contributed by atoms with Crippen LogP contribution in [-0.2, 0) is 0 Å². The van der Waals surface area contributed by atoms with Crippen LogP contribution in [0.5, 0.6) is 0 Å². The van der Waals surface area contributed by atoms with Gasteiger partial charge in [0.25, 0.3) is 0 Å². The first-order valence-electron chi connectivity index (χ1n) is 5.51. The van der Waals surface area contributed by atoms with Crippen LogP contribution in [0.4, 0.5) is 10.1 Å². The van der Waals surface area contributed by atoms with Crippen molar-refractivity contribution in [1.29, 1.82) is 0 Å². The summed E-state index contributed by atoms with van der Waals surface area (Å²) < 4.78 is 13.5. The molecule has 0 aliphatic heterocycles. The minimum atomic E-state index is -0.686. The monoisotopic (exact) mass is 243 g/mol. The van der Waals surface area contributed by atoms with Crippen molar-refractivity contribution in [2.45, 2.75) is 31.3 Å². The third-order valence-electron chi connectivity index (χ3n) is 3.09. The molecule has 16 heavy (non-hydrogen) atoms. The number of anilines is 1. The maximum Gasteiger partial charge on any atom is 0.164 e. The molecule has 2 nitrogen and oxygen atoms in total. The summed E-state index contributed by atoms with van der Waals surface area (Å²) in [6, 6.07) is 4.82. The molecule has 0 aromatic heterocycles. The summed E-state index contributed by atoms with van der Waals surface area (Å²) >= 11 is 5.67. The predicted molar refractivity (Wildman–Crippen MR) is 63.3 cm³/mol. The van der Waals surface area contributed by atoms with Crippen molar-refractivity contribution in [3.8, 4) is 0 Å². The molecule has 4 heteroatoms. The van der Waals surface area contributed by atoms with Crippen LogP contribution in [0.3, 0.4) is 0 Å². The number of benzene rings is 1. The number of hydrogen-bond acceptors (Lipinski definition) is 2. The van der Waals surface area contributed by atoms with Gasteiger partial charge in [-0.3, -0.25) is 0 Å². The lowest BCUT2D eigenvalue weighted by Crippen LogP contribution is -2.33. The summed E-state index contributed by atoms with van der Waals surface area (Å²) in [5.41, 5.74) is -0.331. The van der Waals surface area contributed by atoms with Crippen LogP contribution in [-0.4, -0.2) is 17.3 Å². The molecule has 1 aliphatic rings. The molecule has 0 heterocycles. The zero-order valence-corrected chi connectivity index (χ0v) is 9.73. The Kier molecular flexibility index (Phi) is 3.36. The largest absolute Gasteiger partial charge is 0.388 e. The van der Waals surface area contributed by atoms with E-state index in [1.54, 1.807) is 12.1 Å². The van der Waals surface area contributed by atoms with Crippen molar-refractivity contribution < 1.29 is 9.50 Å². The van der Waals surface area contributed by atoms with Gasteiger partial charge in [0.15, 0.2) is 5.82 Å². The second kappa shape index (κ2) is 4.60. The van der Waals surface area contributed by atoms with Gasteiger partial charge in [0, 0.05) is 6.54 Å². The van der Waals surface area contributed by atoms with E-state index in [2.05, 4.69) is 5.32 Å². The SMILES string of the molecule is OC1(CNc2cccc(Cl)c2F)CCCC1. The van der Waals surface area contributed by atoms with E-state index in [0.717, 1.165) is 25.7 Å². The van der Waals surface area contributed by atoms with Crippen LogP contribution in [0.1, 0.15) is 25.7 Å². The van der Waals surface area contributed by atoms with Crippen molar-refractivity contribution in [3.05, 3.63) is 29.0 Å². The summed E-state index contributed by atoms with van der Waals surface area (Å²) in [4.78, 5) is 0. The number of halogens is 2. The molecule has 0 amide bonds. The highest BCUT2D eigenvalue weighted by atomic mass is 35.5. The van der Waals surface area contributed by atoms with Gasteiger partial charge in [-0.1, -0.05) is 30.5 Å². The Morgan fingerprint density at radius 3 is 2.75 bits per heavy atom. The van der Waals surface area contributed by atoms with Gasteiger partial charge in [0.05, 0.1) is 16.3 Å². The fourth-order valence-corrected chi connectivity index (χ4v) is 2.28. The van der Waals surface area contributed by atoms with Crippen molar-refractivity contribution in [2.75, 3.05) is 11.9 Å². The van der Waals surface area contributed by atoms with Gasteiger partial charge in [-0.05, 0) is 25.0 Å². The van der Waals surface area contributed by atoms with Gasteiger partial charge in [0.2, 0.25) is 0 Å². The zero-order valence-electron chi connectivity index (χ0n) is 8.97. The van der Waals surface area contributed by atoms with Crippen LogP contribution in [0.2, 0.25) is 5.02 Å². The summed E-state index contributed by atoms with van der Waals surface area (Å²) in [7, 11) is 0. The Morgan fingerprint density at radius 1 is 1.38 bits per heavy atom. The molecule has 0 saturated heterocycles. The highest BCUT2D eigenvalue weighted by molar-refractivity contribution is 6.31. The third-order valence-corrected chi connectivity index (χ3v) is 3.39. The van der Waals surface area contributed by atoms with Gasteiger partial charge in [-0.2, -0.15) is 0 Å². The van der Waals surface area contributed by atoms with Crippen LogP contribution in [0, 0.1) is 5.82 Å². The molecule has 0 spiro atoms. The molecule has 0 radical (unpaired) electrons. The average molecular weight is 244 g/mol. The van der Waals surface area contributed by atoms with E-state index in [-0.39, 0.29) is 5.02 Å². The van der Waals surface area contributed by atoms with Crippen molar-refractivity contribution in [3.63, 3.8) is 0 Å². The summed E-state index contributed by atoms with van der Waals surface area (Å²) in [6.45, 7) is 0.379. The van der Waals surface area contributed by atoms with Gasteiger partial charge in [-0.15, -0.1) is 0 Å². The molecular formula is C12H15ClFNO. The lowest BCUT2D eigenvalue weighted by molar-refractivity contribution is 0.0614. The Morgan fingerprint density at radius 2 is 2.06 bits per heavy atom. The lowest BCUT2D eigenvalue weighted by atomic mass is 10.0. The molecule has 0 atom stereocenters. The van der Waals surface area contributed by atoms with E-state index >= 15 is 0 Å². The Balaban J connectivity index is 2.02. The molecule has 1 saturated carbocycles. The predicted octanol–water partition coefficient (Wildman–Crippen LogP) is 3.20. The molecule has 2 rings (SSSR count). The first-order chi connectivity index (χ1) is 7.61. The standard InChI is InChI=1S/C12H15ClFNO/c13-9-4-3-5-10(11(9)14)15-8-12(16)6-1-2-7-12/h3-5,15-16H,1-2,6-8H2. The maximum absolute atomic E-state index is 13.5. The van der Waals surface area contributed by atoms with E-state index in [0.29, 0.717) is 12.2 Å². The normalized spacial score (nSPS) is 18.7. The number of hydrogen-bond donors (Lipinski definition) is 2. The molecule has 1 aliphatic carbocycles. The topological polar surface area (TPSA) is 32.3 Å². The van der Waals surface area contributed by atoms with Crippen LogP contribution in [0.15, 0.2) is 18.2 Å². The molecule has 1 fully saturated rings. The molecule has 88 valence electrons. The molecule has 1 aromatic rings. The Labute approximate surface area is 99.4 Å². The van der Waals surface area contributed by atoms with E-state index in [1.165, 1.54) is 6.07 Å². The summed E-state index contributed by atoms with van der Waals surface area (Å²) in [6.07, 6.45) is 3.64. The second-order valence-electron chi connectivity index (χ2n) is 4.39. The summed E-state index contributed by atoms with van der Waals surface area (Å²) in [5, 5.41) is 13.1. The highest BCUT2D eigenvalue weighted by Crippen LogP contribution is 2.30. The van der Waals surface area contributed by atoms with Crippen molar-refractivity contribution in [2.24, 2.45) is 0 Å².